The predicted molar refractivity (Wildman–Crippen MR) is 112 cm³/mol. The Hall–Kier alpha value is -2.67. The molecule has 0 atom stereocenters. The number of carbonyl (C=O) groups excluding carboxylic acids is 1. The summed E-state index contributed by atoms with van der Waals surface area (Å²) in [6, 6.07) is 14.0. The first kappa shape index (κ1) is 21.0. The normalized spacial score (nSPS) is 10.9. The summed E-state index contributed by atoms with van der Waals surface area (Å²) in [7, 11) is 1.62. The standard InChI is InChI=1S/C22H24FN3O2S/c1-3-26-21(13-8-16-4-9-18(23)10-5-16)24-25-22(26)29-15-19(27)14-17-6-11-20(28-2)12-7-17/h4-7,9-12H,3,8,13-15H2,1-2H3. The van der Waals surface area contributed by atoms with Gasteiger partial charge in [-0.05, 0) is 48.7 Å². The molecule has 0 fully saturated rings. The van der Waals surface area contributed by atoms with E-state index in [0.717, 1.165) is 40.8 Å². The van der Waals surface area contributed by atoms with Crippen LogP contribution < -0.4 is 4.74 Å². The summed E-state index contributed by atoms with van der Waals surface area (Å²) in [6.45, 7) is 2.77. The molecule has 0 unspecified atom stereocenters. The van der Waals surface area contributed by atoms with Crippen molar-refractivity contribution in [3.05, 3.63) is 71.3 Å². The molecule has 1 aromatic heterocycles. The van der Waals surface area contributed by atoms with Crippen LogP contribution in [-0.2, 0) is 30.6 Å². The molecule has 7 heteroatoms. The molecule has 0 saturated heterocycles. The van der Waals surface area contributed by atoms with Gasteiger partial charge in [0, 0.05) is 19.4 Å². The summed E-state index contributed by atoms with van der Waals surface area (Å²) in [6.07, 6.45) is 1.86. The number of ketones is 1. The van der Waals surface area contributed by atoms with Crippen LogP contribution in [0.15, 0.2) is 53.7 Å². The van der Waals surface area contributed by atoms with Crippen LogP contribution in [0.1, 0.15) is 23.9 Å². The highest BCUT2D eigenvalue weighted by Gasteiger charge is 2.13. The van der Waals surface area contributed by atoms with E-state index in [0.29, 0.717) is 18.6 Å². The number of methoxy groups -OCH3 is 1. The van der Waals surface area contributed by atoms with Gasteiger partial charge in [0.05, 0.1) is 12.9 Å². The molecule has 152 valence electrons. The minimum atomic E-state index is -0.233. The van der Waals surface area contributed by atoms with Crippen LogP contribution in [0.5, 0.6) is 5.75 Å². The summed E-state index contributed by atoms with van der Waals surface area (Å²) in [4.78, 5) is 12.3. The lowest BCUT2D eigenvalue weighted by Gasteiger charge is -2.07. The van der Waals surface area contributed by atoms with Gasteiger partial charge in [-0.3, -0.25) is 4.79 Å². The van der Waals surface area contributed by atoms with Crippen molar-refractivity contribution in [1.29, 1.82) is 0 Å². The summed E-state index contributed by atoms with van der Waals surface area (Å²) < 4.78 is 20.2. The molecule has 29 heavy (non-hydrogen) atoms. The van der Waals surface area contributed by atoms with Crippen LogP contribution in [0.25, 0.3) is 0 Å². The van der Waals surface area contributed by atoms with E-state index in [-0.39, 0.29) is 11.6 Å². The smallest absolute Gasteiger partial charge is 0.191 e. The van der Waals surface area contributed by atoms with E-state index in [2.05, 4.69) is 10.2 Å². The second kappa shape index (κ2) is 10.2. The molecule has 0 amide bonds. The monoisotopic (exact) mass is 413 g/mol. The first-order valence-electron chi connectivity index (χ1n) is 9.53. The Labute approximate surface area is 174 Å². The maximum Gasteiger partial charge on any atom is 0.191 e. The van der Waals surface area contributed by atoms with E-state index in [4.69, 9.17) is 4.74 Å². The van der Waals surface area contributed by atoms with Gasteiger partial charge in [-0.25, -0.2) is 4.39 Å². The lowest BCUT2D eigenvalue weighted by molar-refractivity contribution is -0.116. The second-order valence-electron chi connectivity index (χ2n) is 6.62. The number of aromatic nitrogens is 3. The largest absolute Gasteiger partial charge is 0.497 e. The number of halogens is 1. The molecule has 0 aliphatic carbocycles. The highest BCUT2D eigenvalue weighted by molar-refractivity contribution is 7.99. The molecule has 0 radical (unpaired) electrons. The lowest BCUT2D eigenvalue weighted by atomic mass is 10.1. The minimum Gasteiger partial charge on any atom is -0.497 e. The van der Waals surface area contributed by atoms with Gasteiger partial charge in [-0.15, -0.1) is 10.2 Å². The molecule has 0 bridgehead atoms. The number of benzene rings is 2. The fourth-order valence-corrected chi connectivity index (χ4v) is 3.88. The van der Waals surface area contributed by atoms with Gasteiger partial charge in [0.2, 0.25) is 0 Å². The molecule has 3 aromatic rings. The summed E-state index contributed by atoms with van der Waals surface area (Å²) in [5, 5.41) is 9.31. The Kier molecular flexibility index (Phi) is 7.41. The van der Waals surface area contributed by atoms with Crippen molar-refractivity contribution in [3.63, 3.8) is 0 Å². The molecule has 0 N–H and O–H groups in total. The molecule has 2 aromatic carbocycles. The van der Waals surface area contributed by atoms with Gasteiger partial charge in [0.1, 0.15) is 23.2 Å². The third kappa shape index (κ3) is 5.90. The first-order chi connectivity index (χ1) is 14.1. The Morgan fingerprint density at radius 2 is 1.72 bits per heavy atom. The van der Waals surface area contributed by atoms with Crippen LogP contribution in [0, 0.1) is 5.82 Å². The lowest BCUT2D eigenvalue weighted by Crippen LogP contribution is -2.08. The Morgan fingerprint density at radius 3 is 2.38 bits per heavy atom. The van der Waals surface area contributed by atoms with Gasteiger partial charge >= 0.3 is 0 Å². The topological polar surface area (TPSA) is 57.0 Å². The van der Waals surface area contributed by atoms with Crippen molar-refractivity contribution in [2.45, 2.75) is 37.9 Å². The number of carbonyl (C=O) groups is 1. The SMILES string of the molecule is CCn1c(CCc2ccc(F)cc2)nnc1SCC(=O)Cc1ccc(OC)cc1. The maximum absolute atomic E-state index is 13.0. The van der Waals surface area contributed by atoms with Crippen molar-refractivity contribution in [2.75, 3.05) is 12.9 Å². The number of aryl methyl sites for hydroxylation is 2. The number of Topliss-reactive ketones (excluding diaryl/α,β-unsaturated/α-hetero) is 1. The zero-order valence-corrected chi connectivity index (χ0v) is 17.4. The third-order valence-corrected chi connectivity index (χ3v) is 5.61. The maximum atomic E-state index is 13.0. The van der Waals surface area contributed by atoms with Crippen LogP contribution >= 0.6 is 11.8 Å². The minimum absolute atomic E-state index is 0.138. The van der Waals surface area contributed by atoms with Crippen molar-refractivity contribution in [2.24, 2.45) is 0 Å². The molecule has 1 heterocycles. The predicted octanol–water partition coefficient (Wildman–Crippen LogP) is 4.13. The van der Waals surface area contributed by atoms with Crippen LogP contribution in [0.4, 0.5) is 4.39 Å². The van der Waals surface area contributed by atoms with E-state index in [1.165, 1.54) is 23.9 Å². The van der Waals surface area contributed by atoms with E-state index >= 15 is 0 Å². The molecule has 3 rings (SSSR count). The summed E-state index contributed by atoms with van der Waals surface area (Å²) in [5.74, 6) is 1.91. The Morgan fingerprint density at radius 1 is 1.03 bits per heavy atom. The molecular weight excluding hydrogens is 389 g/mol. The number of rotatable bonds is 10. The number of thioether (sulfide) groups is 1. The van der Waals surface area contributed by atoms with Gasteiger partial charge in [0.25, 0.3) is 0 Å². The molecule has 0 aliphatic rings. The molecule has 0 aliphatic heterocycles. The number of hydrogen-bond acceptors (Lipinski definition) is 5. The third-order valence-electron chi connectivity index (χ3n) is 4.58. The first-order valence-corrected chi connectivity index (χ1v) is 10.5. The van der Waals surface area contributed by atoms with E-state index in [9.17, 15) is 9.18 Å². The Balaban J connectivity index is 1.54. The van der Waals surface area contributed by atoms with Gasteiger partial charge in [-0.2, -0.15) is 0 Å². The number of nitrogens with zero attached hydrogens (tertiary/aromatic N) is 3. The van der Waals surface area contributed by atoms with Crippen molar-refractivity contribution in [3.8, 4) is 5.75 Å². The highest BCUT2D eigenvalue weighted by Crippen LogP contribution is 2.19. The second-order valence-corrected chi connectivity index (χ2v) is 7.56. The average Bonchev–Trinajstić information content (AvgIpc) is 3.14. The number of hydrogen-bond donors (Lipinski definition) is 0. The van der Waals surface area contributed by atoms with Gasteiger partial charge in [-0.1, -0.05) is 36.0 Å². The van der Waals surface area contributed by atoms with Crippen molar-refractivity contribution in [1.82, 2.24) is 14.8 Å². The van der Waals surface area contributed by atoms with E-state index in [1.807, 2.05) is 35.8 Å². The quantitative estimate of drug-likeness (QED) is 0.468. The number of ether oxygens (including phenoxy) is 1. The van der Waals surface area contributed by atoms with E-state index < -0.39 is 0 Å². The van der Waals surface area contributed by atoms with Gasteiger partial charge < -0.3 is 9.30 Å². The summed E-state index contributed by atoms with van der Waals surface area (Å²) in [5.41, 5.74) is 2.02. The highest BCUT2D eigenvalue weighted by atomic mass is 32.2. The molecular formula is C22H24FN3O2S. The van der Waals surface area contributed by atoms with Crippen LogP contribution in [-0.4, -0.2) is 33.4 Å². The van der Waals surface area contributed by atoms with Crippen molar-refractivity contribution < 1.29 is 13.9 Å². The van der Waals surface area contributed by atoms with Crippen LogP contribution in [0.2, 0.25) is 0 Å². The Bertz CT molecular complexity index is 940. The fourth-order valence-electron chi connectivity index (χ4n) is 3.00. The van der Waals surface area contributed by atoms with E-state index in [1.54, 1.807) is 19.2 Å². The molecule has 0 saturated carbocycles. The molecule has 5 nitrogen and oxygen atoms in total. The average molecular weight is 414 g/mol. The zero-order chi connectivity index (χ0) is 20.6. The fraction of sp³-hybridized carbons (Fsp3) is 0.318. The summed E-state index contributed by atoms with van der Waals surface area (Å²) >= 11 is 1.42. The van der Waals surface area contributed by atoms with Crippen LogP contribution in [0.3, 0.4) is 0 Å². The zero-order valence-electron chi connectivity index (χ0n) is 16.6. The van der Waals surface area contributed by atoms with Gasteiger partial charge in [0.15, 0.2) is 5.16 Å². The van der Waals surface area contributed by atoms with Crippen molar-refractivity contribution >= 4 is 17.5 Å². The molecule has 0 spiro atoms.